The van der Waals surface area contributed by atoms with Crippen LogP contribution in [0.4, 0.5) is 5.82 Å². The average molecular weight is 475 g/mol. The van der Waals surface area contributed by atoms with Gasteiger partial charge in [-0.2, -0.15) is 0 Å². The second-order valence-electron chi connectivity index (χ2n) is 10.3. The Kier molecular flexibility index (Phi) is 5.07. The van der Waals surface area contributed by atoms with E-state index in [1.54, 1.807) is 6.20 Å². The lowest BCUT2D eigenvalue weighted by atomic mass is 9.98. The van der Waals surface area contributed by atoms with Crippen LogP contribution < -0.4 is 11.1 Å². The quantitative estimate of drug-likeness (QED) is 0.522. The minimum absolute atomic E-state index is 0.0899. The van der Waals surface area contributed by atoms with E-state index < -0.39 is 0 Å². The van der Waals surface area contributed by atoms with Crippen molar-refractivity contribution in [2.45, 2.75) is 70.7 Å². The second-order valence-corrected chi connectivity index (χ2v) is 10.3. The molecule has 1 aromatic carbocycles. The maximum absolute atomic E-state index is 13.1. The minimum Gasteiger partial charge on any atom is -0.393 e. The van der Waals surface area contributed by atoms with Gasteiger partial charge in [0.15, 0.2) is 11.5 Å². The Bertz CT molecular complexity index is 1360. The average Bonchev–Trinajstić information content (AvgIpc) is 3.39. The summed E-state index contributed by atoms with van der Waals surface area (Å²) in [6.07, 6.45) is 5.70. The first-order chi connectivity index (χ1) is 16.8. The van der Waals surface area contributed by atoms with Crippen LogP contribution in [0, 0.1) is 12.8 Å². The lowest BCUT2D eigenvalue weighted by Gasteiger charge is -2.24. The highest BCUT2D eigenvalue weighted by atomic mass is 16.3. The monoisotopic (exact) mass is 474 g/mol. The Morgan fingerprint density at radius 1 is 1.26 bits per heavy atom. The van der Waals surface area contributed by atoms with Gasteiger partial charge in [-0.05, 0) is 81.2 Å². The molecular weight excluding hydrogens is 444 g/mol. The molecule has 1 aliphatic heterocycles. The molecule has 2 aromatic heterocycles. The zero-order valence-electron chi connectivity index (χ0n) is 20.0. The summed E-state index contributed by atoms with van der Waals surface area (Å²) in [6, 6.07) is 6.03. The first-order valence-corrected chi connectivity index (χ1v) is 12.4. The normalized spacial score (nSPS) is 22.6. The molecule has 0 bridgehead atoms. The molecule has 4 N–H and O–H groups in total. The van der Waals surface area contributed by atoms with Crippen LogP contribution in [0.25, 0.3) is 16.9 Å². The number of benzene rings is 1. The van der Waals surface area contributed by atoms with E-state index in [1.807, 2.05) is 30.0 Å². The van der Waals surface area contributed by atoms with E-state index in [9.17, 15) is 14.7 Å². The summed E-state index contributed by atoms with van der Waals surface area (Å²) in [7, 11) is 0. The van der Waals surface area contributed by atoms with Gasteiger partial charge in [0.2, 0.25) is 0 Å². The van der Waals surface area contributed by atoms with Gasteiger partial charge in [0.25, 0.3) is 11.8 Å². The predicted octanol–water partition coefficient (Wildman–Crippen LogP) is 2.68. The van der Waals surface area contributed by atoms with E-state index in [2.05, 4.69) is 17.3 Å². The lowest BCUT2D eigenvalue weighted by Crippen LogP contribution is -2.34. The largest absolute Gasteiger partial charge is 0.393 e. The molecule has 2 saturated carbocycles. The molecule has 6 rings (SSSR count). The van der Waals surface area contributed by atoms with Gasteiger partial charge in [-0.3, -0.25) is 9.59 Å². The van der Waals surface area contributed by atoms with Crippen molar-refractivity contribution in [1.29, 1.82) is 0 Å². The third kappa shape index (κ3) is 3.74. The number of carbonyl (C=O) groups is 2. The fourth-order valence-corrected chi connectivity index (χ4v) is 5.67. The van der Waals surface area contributed by atoms with Gasteiger partial charge >= 0.3 is 0 Å². The van der Waals surface area contributed by atoms with Gasteiger partial charge in [0, 0.05) is 36.0 Å². The zero-order valence-corrected chi connectivity index (χ0v) is 20.0. The molecule has 182 valence electrons. The van der Waals surface area contributed by atoms with E-state index in [-0.39, 0.29) is 41.4 Å². The summed E-state index contributed by atoms with van der Waals surface area (Å²) in [4.78, 5) is 32.9. The topological polar surface area (TPSA) is 126 Å². The van der Waals surface area contributed by atoms with Crippen molar-refractivity contribution in [1.82, 2.24) is 24.8 Å². The number of aliphatic hydroxyl groups is 1. The number of aryl methyl sites for hydroxylation is 1. The van der Waals surface area contributed by atoms with Crippen molar-refractivity contribution in [2.75, 3.05) is 5.73 Å². The molecule has 3 heterocycles. The van der Waals surface area contributed by atoms with Crippen molar-refractivity contribution in [3.05, 3.63) is 46.6 Å². The molecule has 3 aromatic rings. The van der Waals surface area contributed by atoms with Crippen molar-refractivity contribution in [3.8, 4) is 11.3 Å². The predicted molar refractivity (Wildman–Crippen MR) is 131 cm³/mol. The Balaban J connectivity index is 1.33. The molecule has 2 fully saturated rings. The number of nitrogens with zero attached hydrogens (tertiary/aromatic N) is 4. The number of nitrogen functional groups attached to an aromatic ring is 1. The van der Waals surface area contributed by atoms with Crippen LogP contribution in [0.1, 0.15) is 70.9 Å². The molecule has 3 atom stereocenters. The van der Waals surface area contributed by atoms with Gasteiger partial charge in [0.1, 0.15) is 5.56 Å². The lowest BCUT2D eigenvalue weighted by molar-refractivity contribution is 0.0696. The molecular formula is C26H30N6O3. The van der Waals surface area contributed by atoms with E-state index in [4.69, 9.17) is 10.7 Å². The van der Waals surface area contributed by atoms with Crippen LogP contribution in [0.15, 0.2) is 24.4 Å². The summed E-state index contributed by atoms with van der Waals surface area (Å²) in [5.74, 6) is 0.515. The van der Waals surface area contributed by atoms with E-state index in [1.165, 1.54) is 17.4 Å². The fourth-order valence-electron chi connectivity index (χ4n) is 5.67. The third-order valence-electron chi connectivity index (χ3n) is 7.80. The van der Waals surface area contributed by atoms with E-state index >= 15 is 0 Å². The van der Waals surface area contributed by atoms with Gasteiger partial charge in [-0.25, -0.2) is 9.50 Å². The highest BCUT2D eigenvalue weighted by Crippen LogP contribution is 2.39. The maximum atomic E-state index is 13.1. The number of amides is 2. The van der Waals surface area contributed by atoms with Crippen molar-refractivity contribution >= 4 is 23.3 Å². The molecule has 0 unspecified atom stereocenters. The molecule has 9 heteroatoms. The number of carbonyl (C=O) groups excluding carboxylic acids is 2. The van der Waals surface area contributed by atoms with Crippen LogP contribution in [0.2, 0.25) is 0 Å². The van der Waals surface area contributed by atoms with Crippen LogP contribution >= 0.6 is 0 Å². The first kappa shape index (κ1) is 22.0. The summed E-state index contributed by atoms with van der Waals surface area (Å²) in [5.41, 5.74) is 11.1. The van der Waals surface area contributed by atoms with Gasteiger partial charge in [-0.1, -0.05) is 0 Å². The standard InChI is InChI=1S/C26H30N6O3/c1-13-9-16(10-17-12-31(26(35)21(13)17)14(2)15-3-4-15)20-7-8-32-24(29-20)22(23(27)30-32)25(34)28-18-5-6-19(33)11-18/h7-10,14-15,18-19,33H,3-6,11-12H2,1-2H3,(H2,27,30)(H,28,34)/t14-,18+,19+/m0/s1. The Morgan fingerprint density at radius 2 is 2.06 bits per heavy atom. The molecule has 0 saturated heterocycles. The Hall–Kier alpha value is -3.46. The molecule has 2 aliphatic carbocycles. The van der Waals surface area contributed by atoms with Gasteiger partial charge < -0.3 is 21.1 Å². The van der Waals surface area contributed by atoms with E-state index in [0.717, 1.165) is 28.7 Å². The SMILES string of the molecule is Cc1cc(-c2ccn3nc(N)c(C(=O)N[C@@H]4CC[C@@H](O)C4)c3n2)cc2c1C(=O)N([C@@H](C)C1CC1)C2. The molecule has 2 amide bonds. The summed E-state index contributed by atoms with van der Waals surface area (Å²) in [5, 5.41) is 17.0. The summed E-state index contributed by atoms with van der Waals surface area (Å²) >= 11 is 0. The van der Waals surface area contributed by atoms with Crippen LogP contribution in [0.3, 0.4) is 0 Å². The maximum Gasteiger partial charge on any atom is 0.259 e. The second kappa shape index (κ2) is 8.05. The van der Waals surface area contributed by atoms with Crippen LogP contribution in [-0.4, -0.2) is 54.6 Å². The van der Waals surface area contributed by atoms with Gasteiger partial charge in [0.05, 0.1) is 11.8 Å². The number of aromatic nitrogens is 3. The minimum atomic E-state index is -0.385. The summed E-state index contributed by atoms with van der Waals surface area (Å²) < 4.78 is 1.51. The first-order valence-electron chi connectivity index (χ1n) is 12.4. The number of anilines is 1. The fraction of sp³-hybridized carbons (Fsp3) is 0.462. The molecule has 3 aliphatic rings. The van der Waals surface area contributed by atoms with Crippen molar-refractivity contribution < 1.29 is 14.7 Å². The van der Waals surface area contributed by atoms with Gasteiger partial charge in [-0.15, -0.1) is 5.10 Å². The molecule has 9 nitrogen and oxygen atoms in total. The van der Waals surface area contributed by atoms with Crippen LogP contribution in [0.5, 0.6) is 0 Å². The Morgan fingerprint density at radius 3 is 2.77 bits per heavy atom. The molecule has 0 radical (unpaired) electrons. The van der Waals surface area contributed by atoms with E-state index in [0.29, 0.717) is 36.6 Å². The smallest absolute Gasteiger partial charge is 0.259 e. The Labute approximate surface area is 203 Å². The van der Waals surface area contributed by atoms with Crippen molar-refractivity contribution in [2.24, 2.45) is 5.92 Å². The number of nitrogens with two attached hydrogens (primary N) is 1. The highest BCUT2D eigenvalue weighted by molar-refractivity contribution is 6.04. The number of hydrogen-bond acceptors (Lipinski definition) is 6. The van der Waals surface area contributed by atoms with Crippen LogP contribution in [-0.2, 0) is 6.54 Å². The number of fused-ring (bicyclic) bond motifs is 2. The number of rotatable bonds is 5. The third-order valence-corrected chi connectivity index (χ3v) is 7.80. The number of hydrogen-bond donors (Lipinski definition) is 3. The summed E-state index contributed by atoms with van der Waals surface area (Å²) in [6.45, 7) is 4.73. The molecule has 35 heavy (non-hydrogen) atoms. The highest BCUT2D eigenvalue weighted by Gasteiger charge is 2.39. The zero-order chi connectivity index (χ0) is 24.4. The van der Waals surface area contributed by atoms with Crippen molar-refractivity contribution in [3.63, 3.8) is 0 Å². The number of aliphatic hydroxyl groups excluding tert-OH is 1. The number of nitrogens with one attached hydrogen (secondary N) is 1. The molecule has 0 spiro atoms.